The van der Waals surface area contributed by atoms with Crippen LogP contribution in [0.2, 0.25) is 0 Å². The molecule has 0 aliphatic carbocycles. The maximum atomic E-state index is 11.8. The minimum atomic E-state index is -2.68. The molecule has 0 amide bonds. The van der Waals surface area contributed by atoms with Crippen LogP contribution in [-0.4, -0.2) is 56.8 Å². The van der Waals surface area contributed by atoms with Crippen LogP contribution in [0.25, 0.3) is 0 Å². The lowest BCUT2D eigenvalue weighted by atomic mass is 9.83. The smallest absolute Gasteiger partial charge is 0.345 e. The average Bonchev–Trinajstić information content (AvgIpc) is 2.26. The summed E-state index contributed by atoms with van der Waals surface area (Å²) < 4.78 is 4.47. The zero-order valence-electron chi connectivity index (χ0n) is 10.8. The van der Waals surface area contributed by atoms with Gasteiger partial charge in [0, 0.05) is 0 Å². The second-order valence-electron chi connectivity index (χ2n) is 4.23. The van der Waals surface area contributed by atoms with Crippen LogP contribution < -0.4 is 0 Å². The van der Waals surface area contributed by atoms with Crippen molar-refractivity contribution in [1.29, 1.82) is 0 Å². The van der Waals surface area contributed by atoms with Gasteiger partial charge in [-0.15, -0.1) is 0 Å². The molecule has 7 nitrogen and oxygen atoms in total. The number of aliphatic hydroxyl groups is 3. The van der Waals surface area contributed by atoms with E-state index in [2.05, 4.69) is 4.74 Å². The van der Waals surface area contributed by atoms with Crippen LogP contribution in [0.5, 0.6) is 0 Å². The van der Waals surface area contributed by atoms with E-state index in [4.69, 9.17) is 5.11 Å². The van der Waals surface area contributed by atoms with Gasteiger partial charge in [0.2, 0.25) is 11.4 Å². The molecule has 0 radical (unpaired) electrons. The van der Waals surface area contributed by atoms with E-state index in [0.29, 0.717) is 0 Å². The van der Waals surface area contributed by atoms with Crippen molar-refractivity contribution >= 4 is 17.5 Å². The second kappa shape index (κ2) is 5.55. The molecule has 0 heterocycles. The summed E-state index contributed by atoms with van der Waals surface area (Å²) in [5, 5.41) is 28.5. The summed E-state index contributed by atoms with van der Waals surface area (Å²) in [5.41, 5.74) is -5.34. The number of hydrogen-bond donors (Lipinski definition) is 3. The topological polar surface area (TPSA) is 121 Å². The third kappa shape index (κ3) is 3.12. The molecule has 0 spiro atoms. The molecular weight excluding hydrogens is 244 g/mol. The zero-order chi connectivity index (χ0) is 14.7. The number of Topliss-reactive ketones (excluding diaryl/α,β-unsaturated/α-hetero) is 2. The number of carbonyl (C=O) groups excluding carboxylic acids is 3. The predicted molar refractivity (Wildman–Crippen MR) is 59.6 cm³/mol. The largest absolute Gasteiger partial charge is 0.464 e. The van der Waals surface area contributed by atoms with Gasteiger partial charge < -0.3 is 20.1 Å². The van der Waals surface area contributed by atoms with Crippen molar-refractivity contribution in [2.24, 2.45) is 0 Å². The van der Waals surface area contributed by atoms with E-state index in [9.17, 15) is 24.6 Å². The van der Waals surface area contributed by atoms with Crippen molar-refractivity contribution in [2.75, 3.05) is 6.61 Å². The van der Waals surface area contributed by atoms with Gasteiger partial charge in [-0.25, -0.2) is 4.79 Å². The molecule has 0 fully saturated rings. The fraction of sp³-hybridized carbons (Fsp3) is 0.727. The van der Waals surface area contributed by atoms with E-state index in [1.807, 2.05) is 0 Å². The molecule has 0 aliphatic heterocycles. The highest BCUT2D eigenvalue weighted by Crippen LogP contribution is 2.20. The van der Waals surface area contributed by atoms with Crippen molar-refractivity contribution in [3.8, 4) is 0 Å². The van der Waals surface area contributed by atoms with Crippen molar-refractivity contribution in [3.63, 3.8) is 0 Å². The van der Waals surface area contributed by atoms with Crippen LogP contribution in [0.1, 0.15) is 27.7 Å². The summed E-state index contributed by atoms with van der Waals surface area (Å²) in [6.07, 6.45) is -1.61. The molecule has 0 aromatic heterocycles. The van der Waals surface area contributed by atoms with Crippen LogP contribution in [0.4, 0.5) is 0 Å². The first-order chi connectivity index (χ1) is 7.99. The van der Waals surface area contributed by atoms with Gasteiger partial charge in [0.1, 0.15) is 6.10 Å². The first kappa shape index (κ1) is 16.7. The maximum absolute atomic E-state index is 11.8. The molecule has 3 atom stereocenters. The van der Waals surface area contributed by atoms with Gasteiger partial charge in [0.15, 0.2) is 11.4 Å². The number of aliphatic hydroxyl groups excluding tert-OH is 1. The molecule has 7 heteroatoms. The summed E-state index contributed by atoms with van der Waals surface area (Å²) in [5.74, 6) is -3.93. The molecule has 0 aromatic carbocycles. The highest BCUT2D eigenvalue weighted by molar-refractivity contribution is 6.20. The van der Waals surface area contributed by atoms with Crippen molar-refractivity contribution in [3.05, 3.63) is 0 Å². The Hall–Kier alpha value is -1.31. The number of ether oxygens (including phenoxy) is 1. The van der Waals surface area contributed by atoms with Crippen molar-refractivity contribution in [1.82, 2.24) is 0 Å². The molecule has 3 N–H and O–H groups in total. The Morgan fingerprint density at radius 1 is 1.17 bits per heavy atom. The molecular formula is C11H18O7. The van der Waals surface area contributed by atoms with Gasteiger partial charge in [-0.05, 0) is 27.7 Å². The Bertz CT molecular complexity index is 354. The first-order valence-corrected chi connectivity index (χ1v) is 5.38. The monoisotopic (exact) mass is 262 g/mol. The molecule has 0 aliphatic rings. The number of rotatable bonds is 6. The SMILES string of the molecule is CCOC(=O)C(C)(O)C(=O)C(C)(O)C(=O)C(C)O. The predicted octanol–water partition coefficient (Wildman–Crippen LogP) is -1.43. The molecule has 0 rings (SSSR count). The van der Waals surface area contributed by atoms with Gasteiger partial charge in [-0.2, -0.15) is 0 Å². The molecule has 0 bridgehead atoms. The highest BCUT2D eigenvalue weighted by atomic mass is 16.5. The van der Waals surface area contributed by atoms with Crippen LogP contribution in [-0.2, 0) is 19.1 Å². The third-order valence-electron chi connectivity index (χ3n) is 2.42. The Balaban J connectivity index is 5.26. The van der Waals surface area contributed by atoms with E-state index < -0.39 is 34.8 Å². The molecule has 0 saturated carbocycles. The number of ketones is 2. The Labute approximate surface area is 104 Å². The summed E-state index contributed by atoms with van der Waals surface area (Å²) in [6.45, 7) is 4.07. The van der Waals surface area contributed by atoms with Crippen molar-refractivity contribution in [2.45, 2.75) is 45.0 Å². The lowest BCUT2D eigenvalue weighted by molar-refractivity contribution is -0.178. The van der Waals surface area contributed by atoms with E-state index in [1.54, 1.807) is 0 Å². The van der Waals surface area contributed by atoms with E-state index in [1.165, 1.54) is 6.92 Å². The van der Waals surface area contributed by atoms with Crippen LogP contribution in [0.15, 0.2) is 0 Å². The number of esters is 1. The van der Waals surface area contributed by atoms with Crippen LogP contribution >= 0.6 is 0 Å². The molecule has 104 valence electrons. The molecule has 0 aromatic rings. The van der Waals surface area contributed by atoms with Gasteiger partial charge in [0.25, 0.3) is 0 Å². The van der Waals surface area contributed by atoms with Gasteiger partial charge in [-0.3, -0.25) is 9.59 Å². The van der Waals surface area contributed by atoms with Gasteiger partial charge in [-0.1, -0.05) is 0 Å². The summed E-state index contributed by atoms with van der Waals surface area (Å²) in [7, 11) is 0. The minimum absolute atomic E-state index is 0.0746. The van der Waals surface area contributed by atoms with Gasteiger partial charge in [0.05, 0.1) is 6.61 Å². The van der Waals surface area contributed by atoms with Crippen molar-refractivity contribution < 1.29 is 34.4 Å². The van der Waals surface area contributed by atoms with Crippen LogP contribution in [0.3, 0.4) is 0 Å². The Kier molecular flexibility index (Phi) is 5.15. The summed E-state index contributed by atoms with van der Waals surface area (Å²) >= 11 is 0. The second-order valence-corrected chi connectivity index (χ2v) is 4.23. The van der Waals surface area contributed by atoms with E-state index in [0.717, 1.165) is 20.8 Å². The standard InChI is InChI=1S/C11H18O7/c1-5-18-9(15)11(4,17)8(14)10(3,16)7(13)6(2)12/h6,12,16-17H,5H2,1-4H3. The lowest BCUT2D eigenvalue weighted by Crippen LogP contribution is -2.59. The molecule has 3 unspecified atom stereocenters. The first-order valence-electron chi connectivity index (χ1n) is 5.38. The number of carbonyl (C=O) groups is 3. The maximum Gasteiger partial charge on any atom is 0.345 e. The molecule has 18 heavy (non-hydrogen) atoms. The highest BCUT2D eigenvalue weighted by Gasteiger charge is 2.53. The fourth-order valence-electron chi connectivity index (χ4n) is 1.36. The third-order valence-corrected chi connectivity index (χ3v) is 2.42. The molecule has 0 saturated heterocycles. The summed E-state index contributed by atoms with van der Waals surface area (Å²) in [4.78, 5) is 34.6. The quantitative estimate of drug-likeness (QED) is 0.396. The normalized spacial score (nSPS) is 19.3. The van der Waals surface area contributed by atoms with E-state index in [-0.39, 0.29) is 6.61 Å². The minimum Gasteiger partial charge on any atom is -0.464 e. The fourth-order valence-corrected chi connectivity index (χ4v) is 1.36. The average molecular weight is 262 g/mol. The Morgan fingerprint density at radius 3 is 1.94 bits per heavy atom. The Morgan fingerprint density at radius 2 is 1.61 bits per heavy atom. The van der Waals surface area contributed by atoms with Gasteiger partial charge >= 0.3 is 5.97 Å². The lowest BCUT2D eigenvalue weighted by Gasteiger charge is -2.28. The van der Waals surface area contributed by atoms with Crippen LogP contribution in [0, 0.1) is 0 Å². The zero-order valence-corrected chi connectivity index (χ0v) is 10.8. The van der Waals surface area contributed by atoms with E-state index >= 15 is 0 Å². The number of hydrogen-bond acceptors (Lipinski definition) is 7. The summed E-state index contributed by atoms with van der Waals surface area (Å²) in [6, 6.07) is 0.